The monoisotopic (exact) mass is 289 g/mol. The predicted octanol–water partition coefficient (Wildman–Crippen LogP) is 1.51. The maximum atomic E-state index is 12.0. The van der Waals surface area contributed by atoms with Crippen molar-refractivity contribution in [3.63, 3.8) is 0 Å². The number of piperidine rings is 1. The molecule has 1 rings (SSSR count). The number of rotatable bonds is 5. The lowest BCUT2D eigenvalue weighted by Crippen LogP contribution is -2.46. The Labute approximate surface area is 105 Å². The van der Waals surface area contributed by atoms with Crippen LogP contribution >= 0.6 is 0 Å². The Morgan fingerprint density at radius 3 is 2.50 bits per heavy atom. The second-order valence-corrected chi connectivity index (χ2v) is 6.52. The Kier molecular flexibility index (Phi) is 5.42. The van der Waals surface area contributed by atoms with Crippen molar-refractivity contribution in [3.05, 3.63) is 0 Å². The average Bonchev–Trinajstić information content (AvgIpc) is 2.27. The lowest BCUT2D eigenvalue weighted by molar-refractivity contribution is -0.134. The molecule has 18 heavy (non-hydrogen) atoms. The standard InChI is InChI=1S/C10H18F3NO3S/c11-10(12,13)5-3-7-18(16,17)14-6-2-1-4-9(14)8-15/h9,15H,1-8H2. The number of hydrogen-bond donors (Lipinski definition) is 1. The molecule has 1 fully saturated rings. The zero-order valence-corrected chi connectivity index (χ0v) is 10.8. The Balaban J connectivity index is 2.56. The quantitative estimate of drug-likeness (QED) is 0.834. The van der Waals surface area contributed by atoms with Crippen molar-refractivity contribution in [1.29, 1.82) is 0 Å². The molecule has 0 aliphatic carbocycles. The van der Waals surface area contributed by atoms with Crippen molar-refractivity contribution in [2.75, 3.05) is 18.9 Å². The molecular formula is C10H18F3NO3S. The van der Waals surface area contributed by atoms with Crippen LogP contribution in [0.4, 0.5) is 13.2 Å². The van der Waals surface area contributed by atoms with Gasteiger partial charge in [-0.25, -0.2) is 8.42 Å². The highest BCUT2D eigenvalue weighted by atomic mass is 32.2. The zero-order valence-electron chi connectivity index (χ0n) is 9.99. The van der Waals surface area contributed by atoms with Gasteiger partial charge in [0.25, 0.3) is 0 Å². The van der Waals surface area contributed by atoms with E-state index in [1.807, 2.05) is 0 Å². The molecule has 0 aromatic carbocycles. The molecule has 0 amide bonds. The molecule has 0 aromatic rings. The molecule has 108 valence electrons. The predicted molar refractivity (Wildman–Crippen MR) is 60.5 cm³/mol. The fourth-order valence-corrected chi connectivity index (χ4v) is 3.87. The van der Waals surface area contributed by atoms with E-state index in [0.29, 0.717) is 19.4 Å². The summed E-state index contributed by atoms with van der Waals surface area (Å²) >= 11 is 0. The highest BCUT2D eigenvalue weighted by molar-refractivity contribution is 7.89. The second-order valence-electron chi connectivity index (χ2n) is 4.48. The second kappa shape index (κ2) is 6.21. The lowest BCUT2D eigenvalue weighted by Gasteiger charge is -2.33. The summed E-state index contributed by atoms with van der Waals surface area (Å²) in [6, 6.07) is -0.477. The van der Waals surface area contributed by atoms with Gasteiger partial charge in [-0.15, -0.1) is 0 Å². The topological polar surface area (TPSA) is 57.6 Å². The van der Waals surface area contributed by atoms with Crippen LogP contribution in [0.2, 0.25) is 0 Å². The molecule has 8 heteroatoms. The van der Waals surface area contributed by atoms with Gasteiger partial charge in [-0.3, -0.25) is 0 Å². The van der Waals surface area contributed by atoms with Gasteiger partial charge in [-0.05, 0) is 19.3 Å². The zero-order chi connectivity index (χ0) is 13.8. The van der Waals surface area contributed by atoms with E-state index in [4.69, 9.17) is 5.11 Å². The molecule has 1 saturated heterocycles. The fraction of sp³-hybridized carbons (Fsp3) is 1.00. The van der Waals surface area contributed by atoms with Crippen LogP contribution in [0.3, 0.4) is 0 Å². The van der Waals surface area contributed by atoms with Crippen LogP contribution in [0.5, 0.6) is 0 Å². The Hall–Kier alpha value is -0.340. The molecule has 1 heterocycles. The first kappa shape index (κ1) is 15.7. The van der Waals surface area contributed by atoms with Crippen molar-refractivity contribution >= 4 is 10.0 Å². The van der Waals surface area contributed by atoms with Crippen LogP contribution in [-0.2, 0) is 10.0 Å². The maximum Gasteiger partial charge on any atom is 0.389 e. The van der Waals surface area contributed by atoms with Crippen molar-refractivity contribution in [2.24, 2.45) is 0 Å². The van der Waals surface area contributed by atoms with Gasteiger partial charge in [-0.2, -0.15) is 17.5 Å². The number of nitrogens with zero attached hydrogens (tertiary/aromatic N) is 1. The smallest absolute Gasteiger partial charge is 0.389 e. The Bertz CT molecular complexity index is 356. The highest BCUT2D eigenvalue weighted by Crippen LogP contribution is 2.24. The molecule has 1 aliphatic rings. The fourth-order valence-electron chi connectivity index (χ4n) is 2.10. The summed E-state index contributed by atoms with van der Waals surface area (Å²) in [5, 5.41) is 9.09. The third-order valence-corrected chi connectivity index (χ3v) is 5.00. The van der Waals surface area contributed by atoms with Crippen LogP contribution in [-0.4, -0.2) is 49.0 Å². The first-order valence-electron chi connectivity index (χ1n) is 5.93. The van der Waals surface area contributed by atoms with E-state index >= 15 is 0 Å². The number of halogens is 3. The van der Waals surface area contributed by atoms with E-state index < -0.39 is 40.8 Å². The van der Waals surface area contributed by atoms with E-state index in [1.54, 1.807) is 0 Å². The first-order valence-corrected chi connectivity index (χ1v) is 7.54. The van der Waals surface area contributed by atoms with E-state index in [2.05, 4.69) is 0 Å². The Morgan fingerprint density at radius 2 is 1.94 bits per heavy atom. The van der Waals surface area contributed by atoms with Crippen LogP contribution < -0.4 is 0 Å². The van der Waals surface area contributed by atoms with Gasteiger partial charge < -0.3 is 5.11 Å². The van der Waals surface area contributed by atoms with Gasteiger partial charge in [0.1, 0.15) is 0 Å². The maximum absolute atomic E-state index is 12.0. The normalized spacial score (nSPS) is 23.2. The minimum atomic E-state index is -4.33. The van der Waals surface area contributed by atoms with Gasteiger partial charge in [0, 0.05) is 19.0 Å². The summed E-state index contributed by atoms with van der Waals surface area (Å²) in [6.45, 7) is 0.0120. The van der Waals surface area contributed by atoms with Crippen molar-refractivity contribution < 1.29 is 26.7 Å². The minimum Gasteiger partial charge on any atom is -0.395 e. The summed E-state index contributed by atoms with van der Waals surface area (Å²) in [7, 11) is -3.69. The SMILES string of the molecule is O=S(=O)(CCCC(F)(F)F)N1CCCCC1CO. The number of sulfonamides is 1. The molecule has 0 radical (unpaired) electrons. The van der Waals surface area contributed by atoms with Gasteiger partial charge in [0.05, 0.1) is 12.4 Å². The third-order valence-electron chi connectivity index (χ3n) is 3.00. The number of aliphatic hydroxyl groups is 1. The van der Waals surface area contributed by atoms with Crippen molar-refractivity contribution in [1.82, 2.24) is 4.31 Å². The molecular weight excluding hydrogens is 271 g/mol. The summed E-state index contributed by atoms with van der Waals surface area (Å²) < 4.78 is 60.8. The molecule has 0 bridgehead atoms. The van der Waals surface area contributed by atoms with Gasteiger partial charge in [0.15, 0.2) is 0 Å². The molecule has 1 atom stereocenters. The average molecular weight is 289 g/mol. The third kappa shape index (κ3) is 4.74. The van der Waals surface area contributed by atoms with Crippen molar-refractivity contribution in [3.8, 4) is 0 Å². The molecule has 1 N–H and O–H groups in total. The summed E-state index contributed by atoms with van der Waals surface area (Å²) in [5.41, 5.74) is 0. The van der Waals surface area contributed by atoms with E-state index in [9.17, 15) is 21.6 Å². The van der Waals surface area contributed by atoms with Crippen molar-refractivity contribution in [2.45, 2.75) is 44.3 Å². The molecule has 4 nitrogen and oxygen atoms in total. The molecule has 0 aromatic heterocycles. The molecule has 1 aliphatic heterocycles. The van der Waals surface area contributed by atoms with Crippen LogP contribution in [0.1, 0.15) is 32.1 Å². The number of hydrogen-bond acceptors (Lipinski definition) is 3. The van der Waals surface area contributed by atoms with Crippen LogP contribution in [0, 0.1) is 0 Å². The van der Waals surface area contributed by atoms with E-state index in [0.717, 1.165) is 10.7 Å². The summed E-state index contributed by atoms with van der Waals surface area (Å²) in [5.74, 6) is -0.511. The lowest BCUT2D eigenvalue weighted by atomic mass is 10.1. The number of alkyl halides is 3. The van der Waals surface area contributed by atoms with Gasteiger partial charge >= 0.3 is 6.18 Å². The first-order chi connectivity index (χ1) is 8.26. The van der Waals surface area contributed by atoms with E-state index in [1.165, 1.54) is 0 Å². The summed E-state index contributed by atoms with van der Waals surface area (Å²) in [4.78, 5) is 0. The minimum absolute atomic E-state index is 0.279. The Morgan fingerprint density at radius 1 is 1.28 bits per heavy atom. The molecule has 1 unspecified atom stereocenters. The van der Waals surface area contributed by atoms with Gasteiger partial charge in [-0.1, -0.05) is 6.42 Å². The van der Waals surface area contributed by atoms with Crippen LogP contribution in [0.25, 0.3) is 0 Å². The number of aliphatic hydroxyl groups excluding tert-OH is 1. The summed E-state index contributed by atoms with van der Waals surface area (Å²) in [6.07, 6.45) is -3.76. The van der Waals surface area contributed by atoms with Gasteiger partial charge in [0.2, 0.25) is 10.0 Å². The largest absolute Gasteiger partial charge is 0.395 e. The molecule has 0 spiro atoms. The van der Waals surface area contributed by atoms with Crippen LogP contribution in [0.15, 0.2) is 0 Å². The van der Waals surface area contributed by atoms with E-state index in [-0.39, 0.29) is 6.61 Å². The highest BCUT2D eigenvalue weighted by Gasteiger charge is 2.33. The molecule has 0 saturated carbocycles.